The average molecular weight is 425 g/mol. The van der Waals surface area contributed by atoms with Gasteiger partial charge in [0.05, 0.1) is 16.4 Å². The summed E-state index contributed by atoms with van der Waals surface area (Å²) in [4.78, 5) is 25.0. The molecule has 0 aromatic heterocycles. The Balaban J connectivity index is 1.91. The van der Waals surface area contributed by atoms with Crippen LogP contribution in [0.5, 0.6) is 0 Å². The Morgan fingerprint density at radius 1 is 1.19 bits per heavy atom. The van der Waals surface area contributed by atoms with Gasteiger partial charge in [0.1, 0.15) is 9.34 Å². The molecule has 1 aliphatic heterocycles. The molecule has 1 heterocycles. The number of rotatable bonds is 4. The van der Waals surface area contributed by atoms with Crippen molar-refractivity contribution in [3.8, 4) is 0 Å². The third kappa shape index (κ3) is 3.91. The van der Waals surface area contributed by atoms with Crippen molar-refractivity contribution in [2.75, 3.05) is 0 Å². The van der Waals surface area contributed by atoms with Crippen LogP contribution in [0.1, 0.15) is 11.1 Å². The minimum Gasteiger partial charge on any atom is -0.288 e. The maximum atomic E-state index is 12.7. The smallest absolute Gasteiger partial charge is 0.288 e. The summed E-state index contributed by atoms with van der Waals surface area (Å²) in [7, 11) is 0. The van der Waals surface area contributed by atoms with Gasteiger partial charge in [-0.25, -0.2) is 0 Å². The summed E-state index contributed by atoms with van der Waals surface area (Å²) in [6.07, 6.45) is 1.50. The number of benzene rings is 2. The van der Waals surface area contributed by atoms with E-state index < -0.39 is 4.92 Å². The maximum Gasteiger partial charge on any atom is 0.288 e. The van der Waals surface area contributed by atoms with Crippen LogP contribution in [-0.2, 0) is 11.3 Å². The molecule has 0 aliphatic carbocycles. The zero-order chi connectivity index (χ0) is 18.8. The lowest BCUT2D eigenvalue weighted by Gasteiger charge is -2.14. The fourth-order valence-electron chi connectivity index (χ4n) is 2.35. The Hall–Kier alpha value is -1.93. The minimum atomic E-state index is -0.601. The average Bonchev–Trinajstić information content (AvgIpc) is 2.85. The van der Waals surface area contributed by atoms with Crippen LogP contribution in [0.25, 0.3) is 6.08 Å². The van der Waals surface area contributed by atoms with Crippen molar-refractivity contribution >= 4 is 69.2 Å². The first kappa shape index (κ1) is 18.8. The highest BCUT2D eigenvalue weighted by Gasteiger charge is 2.32. The predicted molar refractivity (Wildman–Crippen MR) is 108 cm³/mol. The second-order valence-corrected chi connectivity index (χ2v) is 7.83. The number of thiocarbonyl (C=S) groups is 1. The molecular formula is C17H10Cl2N2O3S2. The molecular weight excluding hydrogens is 415 g/mol. The van der Waals surface area contributed by atoms with E-state index in [0.29, 0.717) is 21.3 Å². The van der Waals surface area contributed by atoms with Crippen LogP contribution >= 0.6 is 47.2 Å². The van der Waals surface area contributed by atoms with Crippen LogP contribution in [0, 0.1) is 10.1 Å². The molecule has 9 heteroatoms. The molecule has 2 aromatic carbocycles. The molecule has 1 fully saturated rings. The molecule has 1 amide bonds. The SMILES string of the molecule is O=C1/C(=C\c2cc([N+](=O)[O-])c(Cl)cc2Cl)SC(=S)N1Cc1ccccc1. The highest BCUT2D eigenvalue weighted by Crippen LogP contribution is 2.37. The zero-order valence-electron chi connectivity index (χ0n) is 13.0. The number of nitro benzene ring substituents is 1. The molecule has 0 saturated carbocycles. The Labute approximate surface area is 168 Å². The molecule has 26 heavy (non-hydrogen) atoms. The van der Waals surface area contributed by atoms with Gasteiger partial charge >= 0.3 is 0 Å². The predicted octanol–water partition coefficient (Wildman–Crippen LogP) is 5.30. The van der Waals surface area contributed by atoms with Crippen LogP contribution in [0.15, 0.2) is 47.4 Å². The highest BCUT2D eigenvalue weighted by atomic mass is 35.5. The lowest BCUT2D eigenvalue weighted by Crippen LogP contribution is -2.27. The third-order valence-electron chi connectivity index (χ3n) is 3.61. The van der Waals surface area contributed by atoms with Gasteiger partial charge < -0.3 is 0 Å². The number of hydrogen-bond acceptors (Lipinski definition) is 5. The first-order valence-corrected chi connectivity index (χ1v) is 9.27. The van der Waals surface area contributed by atoms with Gasteiger partial charge in [-0.3, -0.25) is 19.8 Å². The number of nitrogens with zero attached hydrogens (tertiary/aromatic N) is 2. The zero-order valence-corrected chi connectivity index (χ0v) is 16.2. The first-order chi connectivity index (χ1) is 12.4. The van der Waals surface area contributed by atoms with Gasteiger partial charge in [-0.2, -0.15) is 0 Å². The van der Waals surface area contributed by atoms with Gasteiger partial charge in [-0.15, -0.1) is 0 Å². The monoisotopic (exact) mass is 424 g/mol. The van der Waals surface area contributed by atoms with Crippen molar-refractivity contribution in [3.05, 3.63) is 78.7 Å². The van der Waals surface area contributed by atoms with Crippen LogP contribution in [0.2, 0.25) is 10.0 Å². The Bertz CT molecular complexity index is 949. The van der Waals surface area contributed by atoms with E-state index in [-0.39, 0.29) is 21.6 Å². The largest absolute Gasteiger partial charge is 0.288 e. The maximum absolute atomic E-state index is 12.7. The summed E-state index contributed by atoms with van der Waals surface area (Å²) in [5.74, 6) is -0.266. The van der Waals surface area contributed by atoms with Crippen molar-refractivity contribution in [1.29, 1.82) is 0 Å². The quantitative estimate of drug-likeness (QED) is 0.288. The van der Waals surface area contributed by atoms with Crippen molar-refractivity contribution in [1.82, 2.24) is 4.90 Å². The van der Waals surface area contributed by atoms with E-state index in [1.807, 2.05) is 30.3 Å². The molecule has 2 aromatic rings. The normalized spacial score (nSPS) is 15.8. The molecule has 3 rings (SSSR count). The van der Waals surface area contributed by atoms with Crippen molar-refractivity contribution < 1.29 is 9.72 Å². The van der Waals surface area contributed by atoms with E-state index in [4.69, 9.17) is 35.4 Å². The van der Waals surface area contributed by atoms with E-state index in [1.54, 1.807) is 0 Å². The summed E-state index contributed by atoms with van der Waals surface area (Å²) in [6, 6.07) is 12.0. The summed E-state index contributed by atoms with van der Waals surface area (Å²) in [6.45, 7) is 0.358. The number of amides is 1. The molecule has 5 nitrogen and oxygen atoms in total. The lowest BCUT2D eigenvalue weighted by atomic mass is 10.1. The molecule has 132 valence electrons. The molecule has 1 saturated heterocycles. The van der Waals surface area contributed by atoms with E-state index in [1.165, 1.54) is 23.1 Å². The Kier molecular flexibility index (Phi) is 5.62. The van der Waals surface area contributed by atoms with Gasteiger partial charge in [0, 0.05) is 16.7 Å². The van der Waals surface area contributed by atoms with E-state index in [2.05, 4.69) is 0 Å². The summed E-state index contributed by atoms with van der Waals surface area (Å²) < 4.78 is 0.421. The number of hydrogen-bond donors (Lipinski definition) is 0. The summed E-state index contributed by atoms with van der Waals surface area (Å²) in [5, 5.41) is 11.2. The Morgan fingerprint density at radius 2 is 1.88 bits per heavy atom. The Morgan fingerprint density at radius 3 is 2.54 bits per heavy atom. The van der Waals surface area contributed by atoms with E-state index in [0.717, 1.165) is 17.3 Å². The number of nitro groups is 1. The number of thioether (sulfide) groups is 1. The fraction of sp³-hybridized carbons (Fsp3) is 0.0588. The van der Waals surface area contributed by atoms with Gasteiger partial charge in [-0.05, 0) is 17.7 Å². The second-order valence-electron chi connectivity index (χ2n) is 5.34. The molecule has 0 spiro atoms. The van der Waals surface area contributed by atoms with Crippen molar-refractivity contribution in [2.45, 2.75) is 6.54 Å². The van der Waals surface area contributed by atoms with Crippen molar-refractivity contribution in [2.24, 2.45) is 0 Å². The molecule has 0 N–H and O–H groups in total. The molecule has 0 bridgehead atoms. The second kappa shape index (κ2) is 7.75. The van der Waals surface area contributed by atoms with Gasteiger partial charge in [-0.1, -0.05) is 77.5 Å². The van der Waals surface area contributed by atoms with Gasteiger partial charge in [0.15, 0.2) is 0 Å². The van der Waals surface area contributed by atoms with Crippen molar-refractivity contribution in [3.63, 3.8) is 0 Å². The molecule has 1 aliphatic rings. The molecule has 0 atom stereocenters. The number of carbonyl (C=O) groups excluding carboxylic acids is 1. The first-order valence-electron chi connectivity index (χ1n) is 7.29. The summed E-state index contributed by atoms with van der Waals surface area (Å²) in [5.41, 5.74) is 1.01. The highest BCUT2D eigenvalue weighted by molar-refractivity contribution is 8.26. The van der Waals surface area contributed by atoms with Gasteiger partial charge in [0.2, 0.25) is 0 Å². The molecule has 0 unspecified atom stereocenters. The van der Waals surface area contributed by atoms with Crippen LogP contribution in [0.3, 0.4) is 0 Å². The number of halogens is 2. The van der Waals surface area contributed by atoms with Crippen LogP contribution in [-0.4, -0.2) is 20.1 Å². The van der Waals surface area contributed by atoms with E-state index in [9.17, 15) is 14.9 Å². The standard InChI is InChI=1S/C17H10Cl2N2O3S2/c18-12-8-13(19)14(21(23)24)6-11(12)7-15-16(22)20(17(25)26-15)9-10-4-2-1-3-5-10/h1-8H,9H2/b15-7+. The minimum absolute atomic E-state index is 0.0613. The molecule has 0 radical (unpaired) electrons. The van der Waals surface area contributed by atoms with Crippen LogP contribution in [0.4, 0.5) is 5.69 Å². The topological polar surface area (TPSA) is 63.4 Å². The lowest BCUT2D eigenvalue weighted by molar-refractivity contribution is -0.384. The summed E-state index contributed by atoms with van der Waals surface area (Å²) >= 11 is 18.4. The van der Waals surface area contributed by atoms with Gasteiger partial charge in [0.25, 0.3) is 11.6 Å². The third-order valence-corrected chi connectivity index (χ3v) is 5.61. The van der Waals surface area contributed by atoms with Crippen LogP contribution < -0.4 is 0 Å². The number of carbonyl (C=O) groups is 1. The van der Waals surface area contributed by atoms with E-state index >= 15 is 0 Å². The fourth-order valence-corrected chi connectivity index (χ4v) is 4.10.